The Morgan fingerprint density at radius 1 is 0.960 bits per heavy atom. The van der Waals surface area contributed by atoms with Crippen molar-refractivity contribution in [2.24, 2.45) is 0 Å². The lowest BCUT2D eigenvalue weighted by atomic mass is 10.1. The van der Waals surface area contributed by atoms with Crippen molar-refractivity contribution in [2.75, 3.05) is 13.2 Å². The zero-order valence-corrected chi connectivity index (χ0v) is 14.3. The van der Waals surface area contributed by atoms with Crippen LogP contribution in [-0.2, 0) is 6.54 Å². The van der Waals surface area contributed by atoms with Crippen molar-refractivity contribution in [3.8, 4) is 21.9 Å². The summed E-state index contributed by atoms with van der Waals surface area (Å²) in [6.07, 6.45) is 0. The first-order valence-corrected chi connectivity index (χ1v) is 8.93. The van der Waals surface area contributed by atoms with Crippen LogP contribution in [0.2, 0.25) is 0 Å². The van der Waals surface area contributed by atoms with Crippen LogP contribution in [0.5, 0.6) is 11.5 Å². The lowest BCUT2D eigenvalue weighted by Gasteiger charge is -2.18. The minimum absolute atomic E-state index is 0.0577. The van der Waals surface area contributed by atoms with Crippen LogP contribution in [0.15, 0.2) is 60.7 Å². The number of ether oxygens (including phenoxy) is 2. The number of rotatable bonds is 4. The lowest BCUT2D eigenvalue weighted by Crippen LogP contribution is -2.21. The van der Waals surface area contributed by atoms with Crippen molar-refractivity contribution >= 4 is 17.2 Å². The fraction of sp³-hybridized carbons (Fsp3) is 0.150. The van der Waals surface area contributed by atoms with E-state index in [-0.39, 0.29) is 5.91 Å². The second-order valence-electron chi connectivity index (χ2n) is 5.69. The molecule has 1 amide bonds. The van der Waals surface area contributed by atoms with Crippen LogP contribution in [0.1, 0.15) is 15.2 Å². The highest BCUT2D eigenvalue weighted by Crippen LogP contribution is 2.36. The Hall–Kier alpha value is -2.79. The smallest absolute Gasteiger partial charge is 0.261 e. The van der Waals surface area contributed by atoms with Gasteiger partial charge in [-0.2, -0.15) is 0 Å². The lowest BCUT2D eigenvalue weighted by molar-refractivity contribution is 0.0955. The molecule has 0 saturated carbocycles. The maximum absolute atomic E-state index is 12.3. The topological polar surface area (TPSA) is 47.6 Å². The van der Waals surface area contributed by atoms with Crippen molar-refractivity contribution in [1.82, 2.24) is 5.32 Å². The number of thiophene rings is 1. The van der Waals surface area contributed by atoms with E-state index >= 15 is 0 Å². The van der Waals surface area contributed by atoms with E-state index in [0.717, 1.165) is 27.5 Å². The SMILES string of the molecule is O=C(NCc1ccccc1)c1ccc(-c2ccc3c(c2)OCCO3)s1. The number of amides is 1. The highest BCUT2D eigenvalue weighted by atomic mass is 32.1. The van der Waals surface area contributed by atoms with E-state index in [0.29, 0.717) is 24.6 Å². The summed E-state index contributed by atoms with van der Waals surface area (Å²) in [4.78, 5) is 14.1. The Morgan fingerprint density at radius 3 is 2.60 bits per heavy atom. The van der Waals surface area contributed by atoms with E-state index in [4.69, 9.17) is 9.47 Å². The Balaban J connectivity index is 1.47. The quantitative estimate of drug-likeness (QED) is 0.769. The highest BCUT2D eigenvalue weighted by molar-refractivity contribution is 7.17. The minimum Gasteiger partial charge on any atom is -0.486 e. The van der Waals surface area contributed by atoms with Gasteiger partial charge in [-0.1, -0.05) is 30.3 Å². The number of fused-ring (bicyclic) bond motifs is 1. The Morgan fingerprint density at radius 2 is 1.76 bits per heavy atom. The molecule has 0 atom stereocenters. The molecule has 0 unspecified atom stereocenters. The molecule has 1 N–H and O–H groups in total. The van der Waals surface area contributed by atoms with Gasteiger partial charge in [0.1, 0.15) is 13.2 Å². The molecule has 1 aliphatic heterocycles. The normalized spacial score (nSPS) is 12.6. The van der Waals surface area contributed by atoms with Crippen molar-refractivity contribution in [2.45, 2.75) is 6.54 Å². The van der Waals surface area contributed by atoms with Crippen molar-refractivity contribution in [3.63, 3.8) is 0 Å². The number of carbonyl (C=O) groups excluding carboxylic acids is 1. The average Bonchev–Trinajstić information content (AvgIpc) is 3.17. The van der Waals surface area contributed by atoms with Gasteiger partial charge in [0, 0.05) is 11.4 Å². The molecule has 0 aliphatic carbocycles. The van der Waals surface area contributed by atoms with Gasteiger partial charge in [-0.15, -0.1) is 11.3 Å². The molecule has 0 radical (unpaired) electrons. The molecule has 25 heavy (non-hydrogen) atoms. The van der Waals surface area contributed by atoms with E-state index in [1.807, 2.05) is 60.7 Å². The zero-order chi connectivity index (χ0) is 17.1. The van der Waals surface area contributed by atoms with Crippen molar-refractivity contribution < 1.29 is 14.3 Å². The van der Waals surface area contributed by atoms with Gasteiger partial charge in [0.05, 0.1) is 4.88 Å². The van der Waals surface area contributed by atoms with Crippen LogP contribution in [0.4, 0.5) is 0 Å². The Labute approximate surface area is 150 Å². The van der Waals surface area contributed by atoms with Crippen LogP contribution in [-0.4, -0.2) is 19.1 Å². The Bertz CT molecular complexity index is 889. The largest absolute Gasteiger partial charge is 0.486 e. The zero-order valence-electron chi connectivity index (χ0n) is 13.5. The molecule has 4 rings (SSSR count). The fourth-order valence-corrected chi connectivity index (χ4v) is 3.60. The monoisotopic (exact) mass is 351 g/mol. The van der Waals surface area contributed by atoms with Gasteiger partial charge in [-0.05, 0) is 41.5 Å². The van der Waals surface area contributed by atoms with Crippen LogP contribution in [0.3, 0.4) is 0 Å². The van der Waals surface area contributed by atoms with Gasteiger partial charge in [-0.25, -0.2) is 0 Å². The number of hydrogen-bond acceptors (Lipinski definition) is 4. The highest BCUT2D eigenvalue weighted by Gasteiger charge is 2.15. The predicted molar refractivity (Wildman–Crippen MR) is 98.4 cm³/mol. The van der Waals surface area contributed by atoms with Gasteiger partial charge in [0.15, 0.2) is 11.5 Å². The molecule has 3 aromatic rings. The second kappa shape index (κ2) is 6.99. The molecule has 0 spiro atoms. The number of benzene rings is 2. The van der Waals surface area contributed by atoms with Crippen LogP contribution < -0.4 is 14.8 Å². The third kappa shape index (κ3) is 3.51. The van der Waals surface area contributed by atoms with Crippen LogP contribution >= 0.6 is 11.3 Å². The molecule has 1 aliphatic rings. The van der Waals surface area contributed by atoms with E-state index in [9.17, 15) is 4.79 Å². The van der Waals surface area contributed by atoms with E-state index < -0.39 is 0 Å². The summed E-state index contributed by atoms with van der Waals surface area (Å²) in [5.74, 6) is 1.47. The number of nitrogens with one attached hydrogen (secondary N) is 1. The van der Waals surface area contributed by atoms with E-state index in [2.05, 4.69) is 5.32 Å². The second-order valence-corrected chi connectivity index (χ2v) is 6.77. The standard InChI is InChI=1S/C20H17NO3S/c22-20(21-13-14-4-2-1-3-5-14)19-9-8-18(25-19)15-6-7-16-17(12-15)24-11-10-23-16/h1-9,12H,10-11,13H2,(H,21,22). The summed E-state index contributed by atoms with van der Waals surface area (Å²) in [7, 11) is 0. The summed E-state index contributed by atoms with van der Waals surface area (Å²) >= 11 is 1.47. The summed E-state index contributed by atoms with van der Waals surface area (Å²) in [6, 6.07) is 19.6. The average molecular weight is 351 g/mol. The maximum atomic E-state index is 12.3. The fourth-order valence-electron chi connectivity index (χ4n) is 2.68. The third-order valence-corrected chi connectivity index (χ3v) is 5.09. The molecular formula is C20H17NO3S. The molecule has 4 nitrogen and oxygen atoms in total. The Kier molecular flexibility index (Phi) is 4.39. The first kappa shape index (κ1) is 15.7. The van der Waals surface area contributed by atoms with Crippen molar-refractivity contribution in [1.29, 1.82) is 0 Å². The molecule has 0 bridgehead atoms. The molecular weight excluding hydrogens is 334 g/mol. The van der Waals surface area contributed by atoms with Gasteiger partial charge in [-0.3, -0.25) is 4.79 Å². The predicted octanol–water partition coefficient (Wildman–Crippen LogP) is 4.12. The summed E-state index contributed by atoms with van der Waals surface area (Å²) in [5.41, 5.74) is 2.11. The molecule has 126 valence electrons. The molecule has 5 heteroatoms. The van der Waals surface area contributed by atoms with Crippen molar-refractivity contribution in [3.05, 3.63) is 71.1 Å². The van der Waals surface area contributed by atoms with E-state index in [1.54, 1.807) is 0 Å². The minimum atomic E-state index is -0.0577. The first-order valence-electron chi connectivity index (χ1n) is 8.11. The first-order chi connectivity index (χ1) is 12.3. The molecule has 2 aromatic carbocycles. The molecule has 1 aromatic heterocycles. The molecule has 0 fully saturated rings. The van der Waals surface area contributed by atoms with Crippen LogP contribution in [0.25, 0.3) is 10.4 Å². The summed E-state index contributed by atoms with van der Waals surface area (Å²) < 4.78 is 11.2. The van der Waals surface area contributed by atoms with Gasteiger partial charge >= 0.3 is 0 Å². The summed E-state index contributed by atoms with van der Waals surface area (Å²) in [6.45, 7) is 1.67. The number of hydrogen-bond donors (Lipinski definition) is 1. The van der Waals surface area contributed by atoms with Gasteiger partial charge in [0.25, 0.3) is 5.91 Å². The molecule has 0 saturated heterocycles. The summed E-state index contributed by atoms with van der Waals surface area (Å²) in [5, 5.41) is 2.96. The number of carbonyl (C=O) groups is 1. The molecule has 2 heterocycles. The van der Waals surface area contributed by atoms with E-state index in [1.165, 1.54) is 11.3 Å². The van der Waals surface area contributed by atoms with Crippen LogP contribution in [0, 0.1) is 0 Å². The third-order valence-electron chi connectivity index (χ3n) is 3.95. The maximum Gasteiger partial charge on any atom is 0.261 e. The van der Waals surface area contributed by atoms with Gasteiger partial charge in [0.2, 0.25) is 0 Å². The van der Waals surface area contributed by atoms with Gasteiger partial charge < -0.3 is 14.8 Å².